The number of carboxylic acids is 1. The molecule has 120 valence electrons. The first-order valence-corrected chi connectivity index (χ1v) is 11.0. The number of nitrogens with one attached hydrogen (secondary N) is 1. The molecule has 2 heterocycles. The first-order chi connectivity index (χ1) is 10.3. The number of hydrogen-bond donors (Lipinski definition) is 2. The number of carboxylic acid groups (broad SMARTS) is 1. The Morgan fingerprint density at radius 1 is 1.45 bits per heavy atom. The van der Waals surface area contributed by atoms with E-state index in [2.05, 4.69) is 29.9 Å². The number of pyridine rings is 1. The van der Waals surface area contributed by atoms with Crippen LogP contribution in [0.5, 0.6) is 0 Å². The average molecular weight is 321 g/mol. The van der Waals surface area contributed by atoms with Crippen molar-refractivity contribution in [1.82, 2.24) is 9.55 Å². The molecule has 0 aliphatic rings. The van der Waals surface area contributed by atoms with Gasteiger partial charge in [-0.2, -0.15) is 0 Å². The Morgan fingerprint density at radius 2 is 2.18 bits per heavy atom. The van der Waals surface area contributed by atoms with E-state index in [-0.39, 0.29) is 5.56 Å². The van der Waals surface area contributed by atoms with E-state index in [1.165, 1.54) is 6.20 Å². The van der Waals surface area contributed by atoms with Gasteiger partial charge in [0.1, 0.15) is 17.9 Å². The molecular formula is C15H23N3O3Si. The molecule has 2 N–H and O–H groups in total. The lowest BCUT2D eigenvalue weighted by Gasteiger charge is -2.15. The molecule has 2 rings (SSSR count). The molecule has 7 heteroatoms. The second kappa shape index (κ2) is 6.49. The van der Waals surface area contributed by atoms with Crippen LogP contribution in [0.3, 0.4) is 0 Å². The Kier molecular flexibility index (Phi) is 4.87. The molecule has 6 nitrogen and oxygen atoms in total. The third-order valence-corrected chi connectivity index (χ3v) is 5.20. The highest BCUT2D eigenvalue weighted by molar-refractivity contribution is 6.76. The largest absolute Gasteiger partial charge is 0.478 e. The normalized spacial score (nSPS) is 11.8. The zero-order valence-electron chi connectivity index (χ0n) is 13.5. The fourth-order valence-corrected chi connectivity index (χ4v) is 2.97. The van der Waals surface area contributed by atoms with Crippen molar-refractivity contribution in [1.29, 1.82) is 0 Å². The van der Waals surface area contributed by atoms with Gasteiger partial charge in [0.15, 0.2) is 0 Å². The number of nitrogens with zero attached hydrogens (tertiary/aromatic N) is 2. The highest BCUT2D eigenvalue weighted by Gasteiger charge is 2.16. The predicted octanol–water partition coefficient (Wildman–Crippen LogP) is 3.09. The van der Waals surface area contributed by atoms with Gasteiger partial charge >= 0.3 is 5.97 Å². The van der Waals surface area contributed by atoms with E-state index in [4.69, 9.17) is 4.74 Å². The van der Waals surface area contributed by atoms with Crippen LogP contribution in [0, 0.1) is 0 Å². The molecule has 0 unspecified atom stereocenters. The second-order valence-corrected chi connectivity index (χ2v) is 12.1. The van der Waals surface area contributed by atoms with E-state index in [0.717, 1.165) is 23.7 Å². The zero-order chi connectivity index (χ0) is 16.3. The summed E-state index contributed by atoms with van der Waals surface area (Å²) in [4.78, 5) is 15.5. The van der Waals surface area contributed by atoms with E-state index in [0.29, 0.717) is 12.4 Å². The van der Waals surface area contributed by atoms with Crippen LogP contribution in [0.2, 0.25) is 25.7 Å². The maximum Gasteiger partial charge on any atom is 0.339 e. The number of ether oxygens (including phenoxy) is 1. The van der Waals surface area contributed by atoms with E-state index in [1.54, 1.807) is 7.05 Å². The molecule has 0 saturated heterocycles. The Morgan fingerprint density at radius 3 is 2.77 bits per heavy atom. The van der Waals surface area contributed by atoms with E-state index in [1.807, 2.05) is 16.8 Å². The number of aromatic nitrogens is 2. The van der Waals surface area contributed by atoms with Crippen LogP contribution < -0.4 is 5.32 Å². The molecule has 2 aromatic heterocycles. The molecule has 0 spiro atoms. The summed E-state index contributed by atoms with van der Waals surface area (Å²) >= 11 is 0. The van der Waals surface area contributed by atoms with E-state index < -0.39 is 14.0 Å². The lowest BCUT2D eigenvalue weighted by atomic mass is 10.2. The Labute approximate surface area is 131 Å². The van der Waals surface area contributed by atoms with Gasteiger partial charge in [0.2, 0.25) is 0 Å². The topological polar surface area (TPSA) is 76.4 Å². The van der Waals surface area contributed by atoms with E-state index in [9.17, 15) is 9.90 Å². The van der Waals surface area contributed by atoms with Gasteiger partial charge in [-0.1, -0.05) is 19.6 Å². The Bertz CT molecular complexity index is 676. The number of anilines is 1. The van der Waals surface area contributed by atoms with Crippen LogP contribution in [-0.4, -0.2) is 42.4 Å². The summed E-state index contributed by atoms with van der Waals surface area (Å²) in [6.07, 6.45) is 3.26. The van der Waals surface area contributed by atoms with Crippen molar-refractivity contribution < 1.29 is 14.6 Å². The van der Waals surface area contributed by atoms with Gasteiger partial charge in [-0.3, -0.25) is 0 Å². The van der Waals surface area contributed by atoms with Crippen molar-refractivity contribution in [3.8, 4) is 0 Å². The highest BCUT2D eigenvalue weighted by atomic mass is 28.3. The van der Waals surface area contributed by atoms with Gasteiger partial charge in [0.05, 0.1) is 5.69 Å². The smallest absolute Gasteiger partial charge is 0.339 e. The number of aromatic carboxylic acids is 1. The summed E-state index contributed by atoms with van der Waals surface area (Å²) in [5.41, 5.74) is 1.48. The third kappa shape index (κ3) is 3.66. The maximum atomic E-state index is 11.2. The summed E-state index contributed by atoms with van der Waals surface area (Å²) in [6.45, 7) is 8.11. The van der Waals surface area contributed by atoms with Gasteiger partial charge in [-0.15, -0.1) is 0 Å². The molecule has 0 aliphatic carbocycles. The van der Waals surface area contributed by atoms with Crippen LogP contribution in [0.1, 0.15) is 10.4 Å². The first-order valence-electron chi connectivity index (χ1n) is 7.30. The van der Waals surface area contributed by atoms with E-state index >= 15 is 0 Å². The van der Waals surface area contributed by atoms with Crippen molar-refractivity contribution in [3.05, 3.63) is 24.0 Å². The maximum absolute atomic E-state index is 11.2. The fourth-order valence-electron chi connectivity index (χ4n) is 2.22. The van der Waals surface area contributed by atoms with Gasteiger partial charge in [-0.25, -0.2) is 9.78 Å². The quantitative estimate of drug-likeness (QED) is 0.605. The van der Waals surface area contributed by atoms with Crippen molar-refractivity contribution in [2.45, 2.75) is 32.4 Å². The molecule has 0 aliphatic heterocycles. The van der Waals surface area contributed by atoms with Gasteiger partial charge in [0.25, 0.3) is 0 Å². The SMILES string of the molecule is CNc1c(C(=O)O)cnc2c1ccn2COCC[Si](C)(C)C. The van der Waals surface area contributed by atoms with Crippen LogP contribution >= 0.6 is 0 Å². The van der Waals surface area contributed by atoms with Crippen LogP contribution in [0.15, 0.2) is 18.5 Å². The van der Waals surface area contributed by atoms with Crippen molar-refractivity contribution >= 4 is 30.8 Å². The van der Waals surface area contributed by atoms with Crippen LogP contribution in [-0.2, 0) is 11.5 Å². The van der Waals surface area contributed by atoms with Crippen molar-refractivity contribution in [3.63, 3.8) is 0 Å². The molecule has 0 aromatic carbocycles. The molecule has 0 fully saturated rings. The highest BCUT2D eigenvalue weighted by Crippen LogP contribution is 2.26. The minimum atomic E-state index is -1.09. The third-order valence-electron chi connectivity index (χ3n) is 3.50. The van der Waals surface area contributed by atoms with Crippen LogP contribution in [0.25, 0.3) is 11.0 Å². The van der Waals surface area contributed by atoms with Crippen molar-refractivity contribution in [2.24, 2.45) is 0 Å². The molecule has 0 atom stereocenters. The average Bonchev–Trinajstić information content (AvgIpc) is 2.84. The number of carbonyl (C=O) groups is 1. The molecule has 0 amide bonds. The van der Waals surface area contributed by atoms with Crippen molar-refractivity contribution in [2.75, 3.05) is 19.0 Å². The Hall–Kier alpha value is -1.86. The monoisotopic (exact) mass is 321 g/mol. The summed E-state index contributed by atoms with van der Waals surface area (Å²) in [7, 11) is 0.618. The van der Waals surface area contributed by atoms with Crippen LogP contribution in [0.4, 0.5) is 5.69 Å². The number of rotatable bonds is 7. The summed E-state index contributed by atoms with van der Waals surface area (Å²) in [5, 5.41) is 12.9. The lowest BCUT2D eigenvalue weighted by Crippen LogP contribution is -2.22. The summed E-state index contributed by atoms with van der Waals surface area (Å²) in [6, 6.07) is 2.98. The first kappa shape index (κ1) is 16.5. The number of fused-ring (bicyclic) bond motifs is 1. The minimum absolute atomic E-state index is 0.174. The molecule has 0 bridgehead atoms. The second-order valence-electron chi connectivity index (χ2n) is 6.47. The molecule has 2 aromatic rings. The summed E-state index contributed by atoms with van der Waals surface area (Å²) in [5.74, 6) is -0.988. The fraction of sp³-hybridized carbons (Fsp3) is 0.467. The van der Waals surface area contributed by atoms with Gasteiger partial charge < -0.3 is 19.7 Å². The summed E-state index contributed by atoms with van der Waals surface area (Å²) < 4.78 is 7.63. The molecule has 0 radical (unpaired) electrons. The predicted molar refractivity (Wildman–Crippen MR) is 90.3 cm³/mol. The molecule has 0 saturated carbocycles. The molecular weight excluding hydrogens is 298 g/mol. The van der Waals surface area contributed by atoms with Gasteiger partial charge in [-0.05, 0) is 12.1 Å². The standard InChI is InChI=1S/C15H23N3O3Si/c1-16-13-11-5-6-18(10-21-7-8-22(2,3)4)14(11)17-9-12(13)15(19)20/h5-6,9H,7-8,10H2,1-4H3,(H,16,17)(H,19,20). The minimum Gasteiger partial charge on any atom is -0.478 e. The lowest BCUT2D eigenvalue weighted by molar-refractivity contribution is 0.0697. The Balaban J connectivity index is 2.18. The van der Waals surface area contributed by atoms with Gasteiger partial charge in [0, 0.05) is 39.5 Å². The number of hydrogen-bond acceptors (Lipinski definition) is 4. The molecule has 22 heavy (non-hydrogen) atoms. The zero-order valence-corrected chi connectivity index (χ0v) is 14.5.